The first-order chi connectivity index (χ1) is 16.2. The van der Waals surface area contributed by atoms with E-state index in [1.807, 2.05) is 12.1 Å². The summed E-state index contributed by atoms with van der Waals surface area (Å²) in [7, 11) is 1.59. The fourth-order valence-electron chi connectivity index (χ4n) is 4.18. The van der Waals surface area contributed by atoms with Gasteiger partial charge in [-0.1, -0.05) is 103 Å². The third kappa shape index (κ3) is 11.9. The largest absolute Gasteiger partial charge is 0.507 e. The Kier molecular flexibility index (Phi) is 14.1. The molecule has 0 fully saturated rings. The first-order valence-corrected chi connectivity index (χ1v) is 13.2. The third-order valence-corrected chi connectivity index (χ3v) is 6.35. The van der Waals surface area contributed by atoms with Gasteiger partial charge < -0.3 is 9.84 Å². The highest BCUT2D eigenvalue weighted by molar-refractivity contribution is 5.85. The summed E-state index contributed by atoms with van der Waals surface area (Å²) in [4.78, 5) is 4.48. The molecule has 3 nitrogen and oxygen atoms in total. The summed E-state index contributed by atoms with van der Waals surface area (Å²) in [6, 6.07) is 13.7. The topological polar surface area (TPSA) is 41.8 Å². The average Bonchev–Trinajstić information content (AvgIpc) is 2.84. The Bertz CT molecular complexity index is 782. The Morgan fingerprint density at radius 1 is 0.727 bits per heavy atom. The van der Waals surface area contributed by atoms with E-state index in [9.17, 15) is 5.11 Å². The Morgan fingerprint density at radius 3 is 1.79 bits per heavy atom. The number of phenolic OH excluding ortho intramolecular Hbond substituents is 1. The highest BCUT2D eigenvalue weighted by Crippen LogP contribution is 2.23. The lowest BCUT2D eigenvalue weighted by Crippen LogP contribution is -1.87. The van der Waals surface area contributed by atoms with Gasteiger partial charge in [-0.2, -0.15) is 0 Å². The molecule has 0 saturated heterocycles. The van der Waals surface area contributed by atoms with Crippen LogP contribution in [0, 0.1) is 0 Å². The predicted octanol–water partition coefficient (Wildman–Crippen LogP) is 9.18. The molecule has 0 aromatic heterocycles. The minimum absolute atomic E-state index is 0.174. The van der Waals surface area contributed by atoms with Crippen LogP contribution in [0.2, 0.25) is 0 Å². The number of rotatable bonds is 18. The molecule has 0 aliphatic heterocycles. The third-order valence-electron chi connectivity index (χ3n) is 6.35. The fraction of sp³-hybridized carbons (Fsp3) is 0.567. The molecule has 0 radical (unpaired) electrons. The zero-order valence-electron chi connectivity index (χ0n) is 21.0. The maximum absolute atomic E-state index is 10.0. The summed E-state index contributed by atoms with van der Waals surface area (Å²) in [6.45, 7) is 2.29. The maximum Gasteiger partial charge on any atom is 0.128 e. The lowest BCUT2D eigenvalue weighted by molar-refractivity contribution is 0.407. The monoisotopic (exact) mass is 451 g/mol. The van der Waals surface area contributed by atoms with Crippen LogP contribution in [0.15, 0.2) is 47.5 Å². The summed E-state index contributed by atoms with van der Waals surface area (Å²) in [5.41, 5.74) is 2.96. The molecule has 33 heavy (non-hydrogen) atoms. The van der Waals surface area contributed by atoms with Gasteiger partial charge in [-0.25, -0.2) is 0 Å². The van der Waals surface area contributed by atoms with E-state index in [-0.39, 0.29) is 5.75 Å². The van der Waals surface area contributed by atoms with E-state index in [0.29, 0.717) is 11.3 Å². The first kappa shape index (κ1) is 27.0. The molecule has 182 valence electrons. The molecule has 2 rings (SSSR count). The van der Waals surface area contributed by atoms with Crippen molar-refractivity contribution in [3.63, 3.8) is 0 Å². The summed E-state index contributed by atoms with van der Waals surface area (Å²) in [5.74, 6) is 0.810. The molecular weight excluding hydrogens is 406 g/mol. The zero-order chi connectivity index (χ0) is 23.6. The highest BCUT2D eigenvalue weighted by Gasteiger charge is 2.01. The van der Waals surface area contributed by atoms with Gasteiger partial charge in [-0.3, -0.25) is 4.99 Å². The van der Waals surface area contributed by atoms with Crippen molar-refractivity contribution in [2.45, 2.75) is 103 Å². The molecule has 0 heterocycles. The molecule has 0 aliphatic rings. The lowest BCUT2D eigenvalue weighted by atomic mass is 10.0. The van der Waals surface area contributed by atoms with Gasteiger partial charge in [0.2, 0.25) is 0 Å². The molecule has 2 aromatic carbocycles. The molecule has 0 aliphatic carbocycles. The second-order valence-corrected chi connectivity index (χ2v) is 9.20. The van der Waals surface area contributed by atoms with Crippen molar-refractivity contribution in [3.05, 3.63) is 53.6 Å². The van der Waals surface area contributed by atoms with Crippen molar-refractivity contribution in [3.8, 4) is 11.5 Å². The normalized spacial score (nSPS) is 11.3. The molecule has 1 N–H and O–H groups in total. The second-order valence-electron chi connectivity index (χ2n) is 9.20. The van der Waals surface area contributed by atoms with Crippen LogP contribution in [-0.2, 0) is 6.42 Å². The molecule has 0 bridgehead atoms. The van der Waals surface area contributed by atoms with Gasteiger partial charge >= 0.3 is 0 Å². The second kappa shape index (κ2) is 17.2. The van der Waals surface area contributed by atoms with Gasteiger partial charge in [0, 0.05) is 17.8 Å². The van der Waals surface area contributed by atoms with Crippen LogP contribution in [0.1, 0.15) is 108 Å². The lowest BCUT2D eigenvalue weighted by Gasteiger charge is -2.04. The molecule has 0 amide bonds. The van der Waals surface area contributed by atoms with Crippen LogP contribution in [-0.4, -0.2) is 18.4 Å². The Labute approximate surface area is 202 Å². The van der Waals surface area contributed by atoms with Crippen LogP contribution in [0.25, 0.3) is 0 Å². The van der Waals surface area contributed by atoms with Gasteiger partial charge in [-0.15, -0.1) is 0 Å². The van der Waals surface area contributed by atoms with Gasteiger partial charge in [0.1, 0.15) is 11.5 Å². The number of phenols is 1. The van der Waals surface area contributed by atoms with E-state index in [2.05, 4.69) is 36.2 Å². The predicted molar refractivity (Wildman–Crippen MR) is 142 cm³/mol. The van der Waals surface area contributed by atoms with Crippen molar-refractivity contribution < 1.29 is 9.84 Å². The number of aromatic hydroxyl groups is 1. The van der Waals surface area contributed by atoms with E-state index < -0.39 is 0 Å². The number of unbranched alkanes of at least 4 members (excludes halogenated alkanes) is 13. The number of nitrogens with zero attached hydrogens (tertiary/aromatic N) is 1. The van der Waals surface area contributed by atoms with Crippen LogP contribution in [0.3, 0.4) is 0 Å². The highest BCUT2D eigenvalue weighted by atomic mass is 16.5. The molecule has 3 heteroatoms. The van der Waals surface area contributed by atoms with Crippen LogP contribution in [0.4, 0.5) is 5.69 Å². The van der Waals surface area contributed by atoms with E-state index in [1.165, 1.54) is 95.5 Å². The average molecular weight is 452 g/mol. The summed E-state index contributed by atoms with van der Waals surface area (Å²) in [5, 5.41) is 10.0. The number of ether oxygens (including phenoxy) is 1. The Morgan fingerprint density at radius 2 is 1.27 bits per heavy atom. The SMILES string of the molecule is CCCCCCCCCCCCCCCCc1ccc(N=Cc2ccc(OC)cc2O)cc1. The number of hydrogen-bond acceptors (Lipinski definition) is 3. The van der Waals surface area contributed by atoms with Gasteiger partial charge in [0.25, 0.3) is 0 Å². The van der Waals surface area contributed by atoms with Crippen molar-refractivity contribution >= 4 is 11.9 Å². The van der Waals surface area contributed by atoms with Crippen LogP contribution >= 0.6 is 0 Å². The molecule has 0 unspecified atom stereocenters. The van der Waals surface area contributed by atoms with Crippen molar-refractivity contribution in [2.75, 3.05) is 7.11 Å². The van der Waals surface area contributed by atoms with Gasteiger partial charge in [0.05, 0.1) is 12.8 Å². The standard InChI is InChI=1S/C30H45NO2/c1-3-4-5-6-7-8-9-10-11-12-13-14-15-16-17-26-18-21-28(22-19-26)31-25-27-20-23-29(33-2)24-30(27)32/h18-25,32H,3-17H2,1-2H3. The molecule has 0 saturated carbocycles. The summed E-state index contributed by atoms with van der Waals surface area (Å²) < 4.78 is 5.11. The molecular formula is C30H45NO2. The fourth-order valence-corrected chi connectivity index (χ4v) is 4.18. The first-order valence-electron chi connectivity index (χ1n) is 13.2. The maximum atomic E-state index is 10.0. The smallest absolute Gasteiger partial charge is 0.128 e. The summed E-state index contributed by atoms with van der Waals surface area (Å²) in [6.07, 6.45) is 22.4. The zero-order valence-corrected chi connectivity index (χ0v) is 21.0. The summed E-state index contributed by atoms with van der Waals surface area (Å²) >= 11 is 0. The minimum Gasteiger partial charge on any atom is -0.507 e. The Hall–Kier alpha value is -2.29. The van der Waals surface area contributed by atoms with Crippen LogP contribution in [0.5, 0.6) is 11.5 Å². The number of aliphatic imine (C=N–C) groups is 1. The number of hydrogen-bond donors (Lipinski definition) is 1. The van der Waals surface area contributed by atoms with Gasteiger partial charge in [0.15, 0.2) is 0 Å². The van der Waals surface area contributed by atoms with Crippen molar-refractivity contribution in [1.82, 2.24) is 0 Å². The number of aryl methyl sites for hydroxylation is 1. The Balaban J connectivity index is 1.51. The number of benzene rings is 2. The molecule has 0 atom stereocenters. The number of methoxy groups -OCH3 is 1. The van der Waals surface area contributed by atoms with E-state index in [0.717, 1.165) is 12.1 Å². The van der Waals surface area contributed by atoms with Crippen molar-refractivity contribution in [1.29, 1.82) is 0 Å². The minimum atomic E-state index is 0.174. The van der Waals surface area contributed by atoms with Gasteiger partial charge in [-0.05, 0) is 42.7 Å². The van der Waals surface area contributed by atoms with Crippen molar-refractivity contribution in [2.24, 2.45) is 4.99 Å². The molecule has 0 spiro atoms. The van der Waals surface area contributed by atoms with E-state index >= 15 is 0 Å². The molecule has 2 aromatic rings. The van der Waals surface area contributed by atoms with E-state index in [4.69, 9.17) is 4.74 Å². The quantitative estimate of drug-likeness (QED) is 0.181. The van der Waals surface area contributed by atoms with E-state index in [1.54, 1.807) is 19.4 Å². The van der Waals surface area contributed by atoms with Crippen LogP contribution < -0.4 is 4.74 Å².